The molecule has 0 saturated heterocycles. The molecule has 202 valence electrons. The van der Waals surface area contributed by atoms with Crippen molar-refractivity contribution in [3.05, 3.63) is 95.0 Å². The van der Waals surface area contributed by atoms with Gasteiger partial charge in [0.2, 0.25) is 11.7 Å². The topological polar surface area (TPSA) is 130 Å². The first kappa shape index (κ1) is 30.1. The molecule has 8 heteroatoms. The van der Waals surface area contributed by atoms with E-state index in [2.05, 4.69) is 37.9 Å². The Morgan fingerprint density at radius 2 is 1.82 bits per heavy atom. The van der Waals surface area contributed by atoms with E-state index in [1.54, 1.807) is 6.07 Å². The molecule has 38 heavy (non-hydrogen) atoms. The van der Waals surface area contributed by atoms with E-state index in [9.17, 15) is 14.7 Å². The first-order valence-corrected chi connectivity index (χ1v) is 12.3. The molecular weight excluding hydrogens is 482 g/mol. The van der Waals surface area contributed by atoms with E-state index in [-0.39, 0.29) is 29.9 Å². The Bertz CT molecular complexity index is 1260. The minimum absolute atomic E-state index is 0.0670. The van der Waals surface area contributed by atoms with Crippen LogP contribution in [-0.2, 0) is 21.4 Å². The highest BCUT2D eigenvalue weighted by atomic mass is 16.5. The van der Waals surface area contributed by atoms with Gasteiger partial charge in [-0.15, -0.1) is 0 Å². The van der Waals surface area contributed by atoms with Gasteiger partial charge in [-0.05, 0) is 68.8 Å². The van der Waals surface area contributed by atoms with Crippen molar-refractivity contribution in [2.75, 3.05) is 25.2 Å². The van der Waals surface area contributed by atoms with Crippen molar-refractivity contribution in [1.29, 1.82) is 5.41 Å². The second-order valence-electron chi connectivity index (χ2n) is 9.02. The highest BCUT2D eigenvalue weighted by Gasteiger charge is 2.29. The summed E-state index contributed by atoms with van der Waals surface area (Å²) in [5.41, 5.74) is 7.88. The molecule has 4 N–H and O–H groups in total. The number of ether oxygens (including phenoxy) is 1. The van der Waals surface area contributed by atoms with Crippen molar-refractivity contribution in [3.8, 4) is 5.75 Å². The van der Waals surface area contributed by atoms with E-state index in [0.717, 1.165) is 35.7 Å². The van der Waals surface area contributed by atoms with Crippen molar-refractivity contribution < 1.29 is 23.8 Å². The number of nitrogens with one attached hydrogen (secondary N) is 1. The number of aromatic hydroxyl groups is 1. The van der Waals surface area contributed by atoms with Crippen LogP contribution in [0.25, 0.3) is 0 Å². The van der Waals surface area contributed by atoms with E-state index in [0.29, 0.717) is 11.3 Å². The number of carbonyl (C=O) groups excluding carboxylic acids is 2. The number of aldehydes is 1. The van der Waals surface area contributed by atoms with Crippen LogP contribution in [0.2, 0.25) is 0 Å². The van der Waals surface area contributed by atoms with Gasteiger partial charge in [0.05, 0.1) is 0 Å². The van der Waals surface area contributed by atoms with Gasteiger partial charge in [-0.1, -0.05) is 31.2 Å². The summed E-state index contributed by atoms with van der Waals surface area (Å²) in [6.07, 6.45) is 5.25. The van der Waals surface area contributed by atoms with Gasteiger partial charge in [-0.25, -0.2) is 0 Å². The monoisotopic (exact) mass is 519 g/mol. The molecular formula is C30H37N3O5. The normalized spacial score (nSPS) is 12.3. The van der Waals surface area contributed by atoms with Gasteiger partial charge in [0.1, 0.15) is 24.0 Å². The largest absolute Gasteiger partial charge is 0.508 e. The van der Waals surface area contributed by atoms with Crippen LogP contribution in [0.4, 0.5) is 5.69 Å². The SMILES string of the molecule is C/C=C/C(C)(Cc1ccc(C)o1)c1cc(O)ccc1N(C)CC.N=C(OCN)c1ccc(C(=O)C=O)cc1. The van der Waals surface area contributed by atoms with Crippen molar-refractivity contribution in [3.63, 3.8) is 0 Å². The molecule has 2 aromatic carbocycles. The minimum Gasteiger partial charge on any atom is -0.508 e. The molecule has 1 aromatic heterocycles. The lowest BCUT2D eigenvalue weighted by Gasteiger charge is -2.32. The summed E-state index contributed by atoms with van der Waals surface area (Å²) in [6.45, 7) is 9.13. The quantitative estimate of drug-likeness (QED) is 0.0642. The number of nitrogens with zero attached hydrogens (tertiary/aromatic N) is 1. The second-order valence-corrected chi connectivity index (χ2v) is 9.02. The van der Waals surface area contributed by atoms with Crippen molar-refractivity contribution in [2.24, 2.45) is 5.73 Å². The second kappa shape index (κ2) is 13.9. The summed E-state index contributed by atoms with van der Waals surface area (Å²) in [5, 5.41) is 17.4. The summed E-state index contributed by atoms with van der Waals surface area (Å²) in [5.74, 6) is 1.51. The molecule has 0 fully saturated rings. The van der Waals surface area contributed by atoms with Crippen LogP contribution >= 0.6 is 0 Å². The van der Waals surface area contributed by atoms with Gasteiger partial charge < -0.3 is 19.2 Å². The number of phenolic OH excluding ortho intramolecular Hbond substituents is 1. The van der Waals surface area contributed by atoms with Gasteiger partial charge in [-0.3, -0.25) is 20.7 Å². The third kappa shape index (κ3) is 7.91. The maximum absolute atomic E-state index is 10.9. The van der Waals surface area contributed by atoms with Gasteiger partial charge in [0.15, 0.2) is 6.29 Å². The Morgan fingerprint density at radius 3 is 2.34 bits per heavy atom. The first-order valence-electron chi connectivity index (χ1n) is 12.3. The number of Topliss-reactive ketones (excluding diaryl/α,β-unsaturated/α-hetero) is 1. The Balaban J connectivity index is 0.000000293. The number of rotatable bonds is 10. The molecule has 0 radical (unpaired) electrons. The molecule has 0 bridgehead atoms. The maximum Gasteiger partial charge on any atom is 0.225 e. The summed E-state index contributed by atoms with van der Waals surface area (Å²) >= 11 is 0. The van der Waals surface area contributed by atoms with Crippen LogP contribution in [0.1, 0.15) is 53.8 Å². The fourth-order valence-electron chi connectivity index (χ4n) is 4.06. The summed E-state index contributed by atoms with van der Waals surface area (Å²) in [4.78, 5) is 23.3. The Morgan fingerprint density at radius 1 is 1.16 bits per heavy atom. The third-order valence-electron chi connectivity index (χ3n) is 6.12. The van der Waals surface area contributed by atoms with Gasteiger partial charge >= 0.3 is 0 Å². The Labute approximate surface area is 224 Å². The predicted octanol–water partition coefficient (Wildman–Crippen LogP) is 5.15. The molecule has 0 aliphatic rings. The highest BCUT2D eigenvalue weighted by Crippen LogP contribution is 2.38. The molecule has 0 aliphatic heterocycles. The number of aryl methyl sites for hydroxylation is 1. The number of ketones is 1. The highest BCUT2D eigenvalue weighted by molar-refractivity contribution is 6.33. The predicted molar refractivity (Wildman–Crippen MR) is 150 cm³/mol. The molecule has 8 nitrogen and oxygen atoms in total. The van der Waals surface area contributed by atoms with Crippen molar-refractivity contribution >= 4 is 23.7 Å². The lowest BCUT2D eigenvalue weighted by Crippen LogP contribution is -2.27. The summed E-state index contributed by atoms with van der Waals surface area (Å²) < 4.78 is 10.6. The van der Waals surface area contributed by atoms with Crippen LogP contribution in [0, 0.1) is 12.3 Å². The zero-order valence-corrected chi connectivity index (χ0v) is 22.7. The molecule has 3 rings (SSSR count). The van der Waals surface area contributed by atoms with Crippen LogP contribution < -0.4 is 10.6 Å². The van der Waals surface area contributed by atoms with E-state index >= 15 is 0 Å². The average Bonchev–Trinajstić information content (AvgIpc) is 3.32. The molecule has 0 saturated carbocycles. The molecule has 1 atom stereocenters. The van der Waals surface area contributed by atoms with Gasteiger partial charge in [0, 0.05) is 42.2 Å². The maximum atomic E-state index is 10.9. The lowest BCUT2D eigenvalue weighted by molar-refractivity contribution is -0.104. The van der Waals surface area contributed by atoms with Gasteiger partial charge in [-0.2, -0.15) is 0 Å². The van der Waals surface area contributed by atoms with Crippen LogP contribution in [0.3, 0.4) is 0 Å². The third-order valence-corrected chi connectivity index (χ3v) is 6.12. The smallest absolute Gasteiger partial charge is 0.225 e. The van der Waals surface area contributed by atoms with E-state index < -0.39 is 5.78 Å². The molecule has 0 amide bonds. The van der Waals surface area contributed by atoms with Crippen molar-refractivity contribution in [1.82, 2.24) is 0 Å². The van der Waals surface area contributed by atoms with Crippen LogP contribution in [0.15, 0.2) is 71.2 Å². The Hall–Kier alpha value is -4.17. The number of hydrogen-bond donors (Lipinski definition) is 3. The molecule has 1 heterocycles. The average molecular weight is 520 g/mol. The Kier molecular flexibility index (Phi) is 11.0. The number of anilines is 1. The number of nitrogens with two attached hydrogens (primary N) is 1. The summed E-state index contributed by atoms with van der Waals surface area (Å²) in [6, 6.07) is 15.6. The number of carbonyl (C=O) groups is 2. The number of hydrogen-bond acceptors (Lipinski definition) is 8. The molecule has 0 aliphatic carbocycles. The summed E-state index contributed by atoms with van der Waals surface area (Å²) in [7, 11) is 2.07. The zero-order chi connectivity index (χ0) is 28.3. The van der Waals surface area contributed by atoms with E-state index in [4.69, 9.17) is 20.3 Å². The van der Waals surface area contributed by atoms with Crippen LogP contribution in [-0.4, -0.2) is 43.4 Å². The minimum atomic E-state index is -0.590. The molecule has 3 aromatic rings. The van der Waals surface area contributed by atoms with Gasteiger partial charge in [0.25, 0.3) is 0 Å². The van der Waals surface area contributed by atoms with E-state index in [1.165, 1.54) is 24.3 Å². The number of benzene rings is 2. The fraction of sp³-hybridized carbons (Fsp3) is 0.300. The first-order chi connectivity index (χ1) is 18.1. The zero-order valence-electron chi connectivity index (χ0n) is 22.7. The lowest BCUT2D eigenvalue weighted by atomic mass is 9.77. The molecule has 1 unspecified atom stereocenters. The van der Waals surface area contributed by atoms with Crippen LogP contribution in [0.5, 0.6) is 5.75 Å². The van der Waals surface area contributed by atoms with E-state index in [1.807, 2.05) is 38.1 Å². The number of furan rings is 1. The number of phenols is 1. The van der Waals surface area contributed by atoms with Crippen molar-refractivity contribution in [2.45, 2.75) is 39.5 Å². The number of allylic oxidation sites excluding steroid dienone is 2. The standard InChI is InChI=1S/C20H27NO2.C10H10N2O3/c1-6-12-20(4,14-17-10-8-15(3)23-17)18-13-16(22)9-11-19(18)21(5)7-2;11-6-15-10(12)8-3-1-7(2-4-8)9(14)5-13/h6,8-13,22H,7,14H2,1-5H3;1-5,12H,6,11H2/b12-6+;. The molecule has 0 spiro atoms. The fourth-order valence-corrected chi connectivity index (χ4v) is 4.06.